The van der Waals surface area contributed by atoms with Crippen LogP contribution in [0.3, 0.4) is 0 Å². The molecule has 0 aliphatic carbocycles. The molecule has 11 aromatic rings. The van der Waals surface area contributed by atoms with Gasteiger partial charge in [0.25, 0.3) is 0 Å². The van der Waals surface area contributed by atoms with Gasteiger partial charge in [-0.1, -0.05) is 188 Å². The normalized spacial score (nSPS) is 11.4. The first-order valence-corrected chi connectivity index (χ1v) is 19.8. The van der Waals surface area contributed by atoms with Crippen molar-refractivity contribution in [2.24, 2.45) is 0 Å². The molecule has 272 valence electrons. The van der Waals surface area contributed by atoms with Crippen molar-refractivity contribution in [2.75, 3.05) is 4.90 Å². The van der Waals surface area contributed by atoms with Crippen molar-refractivity contribution in [3.8, 4) is 44.5 Å². The Balaban J connectivity index is 1.12. The van der Waals surface area contributed by atoms with Crippen LogP contribution in [0.2, 0.25) is 0 Å². The zero-order valence-electron chi connectivity index (χ0n) is 31.7. The van der Waals surface area contributed by atoms with E-state index < -0.39 is 0 Å². The molecule has 0 atom stereocenters. The van der Waals surface area contributed by atoms with Crippen molar-refractivity contribution in [2.45, 2.75) is 0 Å². The Morgan fingerprint density at radius 1 is 0.259 bits per heavy atom. The lowest BCUT2D eigenvalue weighted by Gasteiger charge is -2.27. The highest BCUT2D eigenvalue weighted by Crippen LogP contribution is 2.47. The zero-order valence-corrected chi connectivity index (χ0v) is 31.7. The molecule has 0 spiro atoms. The van der Waals surface area contributed by atoms with E-state index in [4.69, 9.17) is 4.42 Å². The number of hydrogen-bond acceptors (Lipinski definition) is 2. The van der Waals surface area contributed by atoms with E-state index in [1.165, 1.54) is 49.5 Å². The van der Waals surface area contributed by atoms with Crippen molar-refractivity contribution in [1.29, 1.82) is 0 Å². The second-order valence-electron chi connectivity index (χ2n) is 14.9. The Morgan fingerprint density at radius 3 is 1.14 bits per heavy atom. The Labute approximate surface area is 337 Å². The molecule has 0 aliphatic rings. The van der Waals surface area contributed by atoms with E-state index in [1.54, 1.807) is 0 Å². The van der Waals surface area contributed by atoms with Gasteiger partial charge < -0.3 is 9.32 Å². The number of hydrogen-bond donors (Lipinski definition) is 0. The molecule has 0 fully saturated rings. The molecular formula is C56H37NO. The van der Waals surface area contributed by atoms with Gasteiger partial charge >= 0.3 is 0 Å². The lowest BCUT2D eigenvalue weighted by molar-refractivity contribution is 0.674. The second kappa shape index (κ2) is 14.1. The molecule has 0 saturated carbocycles. The summed E-state index contributed by atoms with van der Waals surface area (Å²) >= 11 is 0. The summed E-state index contributed by atoms with van der Waals surface area (Å²) in [6, 6.07) is 80.5. The third-order valence-electron chi connectivity index (χ3n) is 11.5. The Kier molecular flexibility index (Phi) is 8.19. The monoisotopic (exact) mass is 739 g/mol. The first kappa shape index (κ1) is 33.6. The molecule has 0 aliphatic heterocycles. The van der Waals surface area contributed by atoms with E-state index in [1.807, 2.05) is 0 Å². The van der Waals surface area contributed by atoms with Crippen LogP contribution >= 0.6 is 0 Å². The van der Waals surface area contributed by atoms with Gasteiger partial charge in [-0.05, 0) is 91.5 Å². The van der Waals surface area contributed by atoms with Gasteiger partial charge in [-0.25, -0.2) is 0 Å². The predicted octanol–water partition coefficient (Wildman–Crippen LogP) is 16.0. The largest absolute Gasteiger partial charge is 0.455 e. The molecule has 0 amide bonds. The molecule has 10 aromatic carbocycles. The van der Waals surface area contributed by atoms with E-state index in [0.29, 0.717) is 0 Å². The lowest BCUT2D eigenvalue weighted by atomic mass is 9.95. The number of furan rings is 1. The number of rotatable bonds is 7. The van der Waals surface area contributed by atoms with Crippen LogP contribution in [0, 0.1) is 0 Å². The minimum atomic E-state index is 0.889. The van der Waals surface area contributed by atoms with Gasteiger partial charge in [-0.15, -0.1) is 0 Å². The van der Waals surface area contributed by atoms with Crippen LogP contribution in [0.1, 0.15) is 0 Å². The fourth-order valence-electron chi connectivity index (χ4n) is 8.62. The summed E-state index contributed by atoms with van der Waals surface area (Å²) in [5, 5.41) is 6.95. The molecule has 1 heterocycles. The van der Waals surface area contributed by atoms with Gasteiger partial charge in [0.1, 0.15) is 11.2 Å². The summed E-state index contributed by atoms with van der Waals surface area (Å²) in [6.45, 7) is 0. The lowest BCUT2D eigenvalue weighted by Crippen LogP contribution is -2.10. The minimum Gasteiger partial charge on any atom is -0.455 e. The highest BCUT2D eigenvalue weighted by Gasteiger charge is 2.22. The average molecular weight is 740 g/mol. The first-order chi connectivity index (χ1) is 28.8. The van der Waals surface area contributed by atoms with E-state index >= 15 is 0 Å². The quantitative estimate of drug-likeness (QED) is 0.151. The third kappa shape index (κ3) is 5.82. The van der Waals surface area contributed by atoms with Gasteiger partial charge in [-0.2, -0.15) is 0 Å². The van der Waals surface area contributed by atoms with Crippen LogP contribution in [0.25, 0.3) is 88.0 Å². The van der Waals surface area contributed by atoms with Gasteiger partial charge in [0, 0.05) is 38.8 Å². The average Bonchev–Trinajstić information content (AvgIpc) is 3.71. The van der Waals surface area contributed by atoms with Crippen molar-refractivity contribution >= 4 is 60.5 Å². The molecule has 1 aromatic heterocycles. The number of fused-ring (bicyclic) bond motifs is 8. The maximum Gasteiger partial charge on any atom is 0.143 e. The van der Waals surface area contributed by atoms with Crippen molar-refractivity contribution in [3.05, 3.63) is 224 Å². The summed E-state index contributed by atoms with van der Waals surface area (Å²) < 4.78 is 7.05. The molecule has 0 bridgehead atoms. The molecule has 0 N–H and O–H groups in total. The molecule has 58 heavy (non-hydrogen) atoms. The van der Waals surface area contributed by atoms with Crippen LogP contribution < -0.4 is 4.90 Å². The Hall–Kier alpha value is -7.68. The van der Waals surface area contributed by atoms with Gasteiger partial charge in [0.15, 0.2) is 0 Å². The van der Waals surface area contributed by atoms with Crippen molar-refractivity contribution in [1.82, 2.24) is 0 Å². The number of benzene rings is 10. The van der Waals surface area contributed by atoms with E-state index in [2.05, 4.69) is 229 Å². The second-order valence-corrected chi connectivity index (χ2v) is 14.9. The third-order valence-corrected chi connectivity index (χ3v) is 11.5. The molecule has 2 nitrogen and oxygen atoms in total. The minimum absolute atomic E-state index is 0.889. The first-order valence-electron chi connectivity index (χ1n) is 19.8. The fraction of sp³-hybridized carbons (Fsp3) is 0. The van der Waals surface area contributed by atoms with Gasteiger partial charge in [0.2, 0.25) is 0 Å². The van der Waals surface area contributed by atoms with E-state index in [9.17, 15) is 0 Å². The topological polar surface area (TPSA) is 16.4 Å². The summed E-state index contributed by atoms with van der Waals surface area (Å²) in [4.78, 5) is 2.38. The molecule has 2 heteroatoms. The molecular weight excluding hydrogens is 703 g/mol. The van der Waals surface area contributed by atoms with Crippen LogP contribution in [0.5, 0.6) is 0 Å². The fourth-order valence-corrected chi connectivity index (χ4v) is 8.62. The van der Waals surface area contributed by atoms with Gasteiger partial charge in [-0.3, -0.25) is 0 Å². The highest BCUT2D eigenvalue weighted by atomic mass is 16.3. The Bertz CT molecular complexity index is 3220. The van der Waals surface area contributed by atoms with Crippen molar-refractivity contribution in [3.63, 3.8) is 0 Å². The summed E-state index contributed by atoms with van der Waals surface area (Å²) in [5.74, 6) is 0. The Morgan fingerprint density at radius 2 is 0.638 bits per heavy atom. The molecule has 0 saturated heterocycles. The smallest absolute Gasteiger partial charge is 0.143 e. The maximum absolute atomic E-state index is 7.05. The predicted molar refractivity (Wildman–Crippen MR) is 245 cm³/mol. The molecule has 0 radical (unpaired) electrons. The maximum atomic E-state index is 7.05. The van der Waals surface area contributed by atoms with E-state index in [0.717, 1.165) is 55.5 Å². The SMILES string of the molecule is c1ccc(-c2ccc(-c3ccc(N(c4ccc(-c5ccccc5)cc4)c4cc(-c5ccccc5)c5oc6c7ccccc7c7ccccc7c6c5c4)cc3)cc2)cc1. The van der Waals surface area contributed by atoms with Crippen LogP contribution in [-0.4, -0.2) is 0 Å². The molecule has 0 unspecified atom stereocenters. The van der Waals surface area contributed by atoms with Crippen LogP contribution in [0.15, 0.2) is 229 Å². The summed E-state index contributed by atoms with van der Waals surface area (Å²) in [7, 11) is 0. The summed E-state index contributed by atoms with van der Waals surface area (Å²) in [5.41, 5.74) is 14.3. The number of anilines is 3. The number of nitrogens with zero attached hydrogens (tertiary/aromatic N) is 1. The van der Waals surface area contributed by atoms with Crippen LogP contribution in [0.4, 0.5) is 17.1 Å². The summed E-state index contributed by atoms with van der Waals surface area (Å²) in [6.07, 6.45) is 0. The highest BCUT2D eigenvalue weighted by molar-refractivity contribution is 6.31. The standard InChI is InChI=1S/C56H37NO/c1-4-14-38(15-5-1)40-24-26-41(27-25-40)43-30-34-46(35-31-43)57(45-32-28-42(29-33-45)39-16-6-2-7-17-39)47-36-52(44-18-8-3-9-19-44)55-53(37-47)54-50-22-12-10-20-48(50)49-21-11-13-23-51(49)56(54)58-55/h1-37H. The van der Waals surface area contributed by atoms with E-state index in [-0.39, 0.29) is 0 Å². The van der Waals surface area contributed by atoms with Crippen LogP contribution in [-0.2, 0) is 0 Å². The van der Waals surface area contributed by atoms with Crippen molar-refractivity contribution < 1.29 is 4.42 Å². The zero-order chi connectivity index (χ0) is 38.4. The van der Waals surface area contributed by atoms with Gasteiger partial charge in [0.05, 0.1) is 0 Å². The molecule has 11 rings (SSSR count).